The van der Waals surface area contributed by atoms with E-state index in [1.165, 1.54) is 11.3 Å². The lowest BCUT2D eigenvalue weighted by Gasteiger charge is -2.27. The highest BCUT2D eigenvalue weighted by Gasteiger charge is 2.34. The quantitative estimate of drug-likeness (QED) is 0.423. The first-order chi connectivity index (χ1) is 17.7. The van der Waals surface area contributed by atoms with Crippen LogP contribution in [-0.4, -0.2) is 71.5 Å². The summed E-state index contributed by atoms with van der Waals surface area (Å²) in [5.74, 6) is 0.746. The van der Waals surface area contributed by atoms with E-state index in [0.29, 0.717) is 34.0 Å². The van der Waals surface area contributed by atoms with Crippen LogP contribution in [0.25, 0.3) is 10.3 Å². The number of anilines is 2. The number of hydrogen-bond acceptors (Lipinski definition) is 10. The maximum atomic E-state index is 13.0. The SMILES string of the molecule is COC(C)C(C)OC1CN(c2ccc3c(n2)CCC(NC(=O)c2sc4nc(C)cnc4c2N)C3)CC1N. The molecule has 1 amide bonds. The number of rotatable bonds is 7. The van der Waals surface area contributed by atoms with Crippen molar-refractivity contribution in [1.29, 1.82) is 0 Å². The molecule has 0 aromatic carbocycles. The number of hydrogen-bond donors (Lipinski definition) is 3. The number of ether oxygens (including phenoxy) is 2. The summed E-state index contributed by atoms with van der Waals surface area (Å²) in [4.78, 5) is 30.1. The highest BCUT2D eigenvalue weighted by molar-refractivity contribution is 7.21. The van der Waals surface area contributed by atoms with E-state index in [9.17, 15) is 4.79 Å². The summed E-state index contributed by atoms with van der Waals surface area (Å²) >= 11 is 1.29. The van der Waals surface area contributed by atoms with Crippen molar-refractivity contribution in [2.24, 2.45) is 5.73 Å². The minimum Gasteiger partial charge on any atom is -0.396 e. The van der Waals surface area contributed by atoms with E-state index in [-0.39, 0.29) is 36.3 Å². The average Bonchev–Trinajstić information content (AvgIpc) is 3.41. The molecule has 11 heteroatoms. The summed E-state index contributed by atoms with van der Waals surface area (Å²) in [6.07, 6.45) is 3.90. The molecule has 0 radical (unpaired) electrons. The number of carbonyl (C=O) groups excluding carboxylic acids is 1. The first-order valence-corrected chi connectivity index (χ1v) is 13.5. The second-order valence-electron chi connectivity index (χ2n) is 10.1. The van der Waals surface area contributed by atoms with Gasteiger partial charge in [-0.2, -0.15) is 0 Å². The maximum absolute atomic E-state index is 13.0. The van der Waals surface area contributed by atoms with Crippen molar-refractivity contribution in [3.05, 3.63) is 40.2 Å². The normalized spacial score (nSPS) is 23.2. The summed E-state index contributed by atoms with van der Waals surface area (Å²) in [5.41, 5.74) is 16.6. The highest BCUT2D eigenvalue weighted by Crippen LogP contribution is 2.32. The summed E-state index contributed by atoms with van der Waals surface area (Å²) in [6.45, 7) is 7.28. The van der Waals surface area contributed by atoms with Crippen molar-refractivity contribution in [3.63, 3.8) is 0 Å². The third kappa shape index (κ3) is 5.26. The van der Waals surface area contributed by atoms with E-state index in [1.807, 2.05) is 26.8 Å². The molecule has 5 rings (SSSR count). The molecule has 3 aromatic heterocycles. The lowest BCUT2D eigenvalue weighted by Crippen LogP contribution is -2.40. The number of pyridine rings is 1. The van der Waals surface area contributed by atoms with Crippen LogP contribution in [0.4, 0.5) is 11.5 Å². The molecule has 0 saturated carbocycles. The van der Waals surface area contributed by atoms with Crippen LogP contribution in [0.3, 0.4) is 0 Å². The zero-order valence-electron chi connectivity index (χ0n) is 21.7. The average molecular weight is 526 g/mol. The molecule has 1 saturated heterocycles. The minimum absolute atomic E-state index is 0.00408. The van der Waals surface area contributed by atoms with E-state index in [0.717, 1.165) is 42.0 Å². The van der Waals surface area contributed by atoms with Crippen LogP contribution in [0.15, 0.2) is 18.3 Å². The second-order valence-corrected chi connectivity index (χ2v) is 11.1. The Labute approximate surface area is 220 Å². The molecular formula is C26H35N7O3S. The lowest BCUT2D eigenvalue weighted by molar-refractivity contribution is -0.0713. The molecule has 1 fully saturated rings. The van der Waals surface area contributed by atoms with Gasteiger partial charge in [-0.05, 0) is 51.7 Å². The molecule has 4 heterocycles. The van der Waals surface area contributed by atoms with Gasteiger partial charge in [0.2, 0.25) is 0 Å². The van der Waals surface area contributed by atoms with Gasteiger partial charge in [0, 0.05) is 38.1 Å². The Kier molecular flexibility index (Phi) is 7.30. The van der Waals surface area contributed by atoms with Gasteiger partial charge in [-0.1, -0.05) is 6.07 Å². The molecular weight excluding hydrogens is 490 g/mol. The maximum Gasteiger partial charge on any atom is 0.263 e. The van der Waals surface area contributed by atoms with E-state index < -0.39 is 0 Å². The van der Waals surface area contributed by atoms with Gasteiger partial charge in [-0.3, -0.25) is 4.79 Å². The van der Waals surface area contributed by atoms with Crippen molar-refractivity contribution in [3.8, 4) is 0 Å². The number of methoxy groups -OCH3 is 1. The van der Waals surface area contributed by atoms with Gasteiger partial charge < -0.3 is 31.2 Å². The zero-order chi connectivity index (χ0) is 26.3. The van der Waals surface area contributed by atoms with Crippen LogP contribution < -0.4 is 21.7 Å². The zero-order valence-corrected chi connectivity index (χ0v) is 22.5. The predicted octanol–water partition coefficient (Wildman–Crippen LogP) is 2.22. The van der Waals surface area contributed by atoms with Gasteiger partial charge in [-0.25, -0.2) is 15.0 Å². The number of nitrogens with zero attached hydrogens (tertiary/aromatic N) is 4. The Bertz CT molecular complexity index is 1300. The Hall–Kier alpha value is -2.86. The van der Waals surface area contributed by atoms with Crippen molar-refractivity contribution in [1.82, 2.24) is 20.3 Å². The molecule has 1 aliphatic carbocycles. The number of carbonyl (C=O) groups is 1. The Morgan fingerprint density at radius 3 is 2.84 bits per heavy atom. The molecule has 5 atom stereocenters. The standard InChI is InChI=1S/C26H35N7O3S/c1-13-10-29-23-22(28)24(37-26(23)30-13)25(34)31-17-6-7-19-16(9-17)5-8-21(32-19)33-11-18(27)20(12-33)36-15(3)14(2)35-4/h5,8,10,14-15,17-18,20H,6-7,9,11-12,27-28H2,1-4H3,(H,31,34). The van der Waals surface area contributed by atoms with Crippen LogP contribution in [0.5, 0.6) is 0 Å². The molecule has 0 bridgehead atoms. The third-order valence-electron chi connectivity index (χ3n) is 7.41. The molecule has 5 N–H and O–H groups in total. The fourth-order valence-corrected chi connectivity index (χ4v) is 6.00. The number of nitrogens with one attached hydrogen (secondary N) is 1. The molecule has 37 heavy (non-hydrogen) atoms. The monoisotopic (exact) mass is 525 g/mol. The Morgan fingerprint density at radius 1 is 1.24 bits per heavy atom. The number of nitrogens with two attached hydrogens (primary N) is 2. The molecule has 1 aliphatic heterocycles. The van der Waals surface area contributed by atoms with Gasteiger partial charge in [0.05, 0.1) is 35.7 Å². The van der Waals surface area contributed by atoms with Gasteiger partial charge in [0.1, 0.15) is 21.0 Å². The third-order valence-corrected chi connectivity index (χ3v) is 8.49. The van der Waals surface area contributed by atoms with Crippen molar-refractivity contribution in [2.45, 2.75) is 70.4 Å². The molecule has 5 unspecified atom stereocenters. The number of nitrogen functional groups attached to an aromatic ring is 1. The van der Waals surface area contributed by atoms with E-state index in [1.54, 1.807) is 13.3 Å². The lowest BCUT2D eigenvalue weighted by atomic mass is 9.91. The molecule has 3 aromatic rings. The van der Waals surface area contributed by atoms with Crippen molar-refractivity contribution < 1.29 is 14.3 Å². The number of thiophene rings is 1. The van der Waals surface area contributed by atoms with Crippen LogP contribution in [-0.2, 0) is 22.3 Å². The number of aromatic nitrogens is 3. The summed E-state index contributed by atoms with van der Waals surface area (Å²) in [5, 5.41) is 3.16. The van der Waals surface area contributed by atoms with Crippen molar-refractivity contribution in [2.75, 3.05) is 30.8 Å². The Morgan fingerprint density at radius 2 is 2.05 bits per heavy atom. The van der Waals surface area contributed by atoms with Crippen LogP contribution in [0.1, 0.15) is 46.9 Å². The minimum atomic E-state index is -0.174. The number of aryl methyl sites for hydroxylation is 2. The van der Waals surface area contributed by atoms with E-state index in [4.69, 9.17) is 25.9 Å². The summed E-state index contributed by atoms with van der Waals surface area (Å²) < 4.78 is 11.6. The smallest absolute Gasteiger partial charge is 0.263 e. The summed E-state index contributed by atoms with van der Waals surface area (Å²) in [7, 11) is 1.69. The largest absolute Gasteiger partial charge is 0.396 e. The van der Waals surface area contributed by atoms with Gasteiger partial charge in [-0.15, -0.1) is 11.3 Å². The first-order valence-electron chi connectivity index (χ1n) is 12.7. The Balaban J connectivity index is 1.22. The number of amides is 1. The van der Waals surface area contributed by atoms with Crippen LogP contribution >= 0.6 is 11.3 Å². The fraction of sp³-hybridized carbons (Fsp3) is 0.538. The summed E-state index contributed by atoms with van der Waals surface area (Å²) in [6, 6.07) is 4.10. The van der Waals surface area contributed by atoms with E-state index >= 15 is 0 Å². The van der Waals surface area contributed by atoms with Crippen LogP contribution in [0.2, 0.25) is 0 Å². The molecule has 2 aliphatic rings. The van der Waals surface area contributed by atoms with Gasteiger partial charge in [0.15, 0.2) is 0 Å². The fourth-order valence-electron chi connectivity index (χ4n) is 5.00. The highest BCUT2D eigenvalue weighted by atomic mass is 32.1. The first kappa shape index (κ1) is 25.8. The molecule has 10 nitrogen and oxygen atoms in total. The van der Waals surface area contributed by atoms with Gasteiger partial charge in [0.25, 0.3) is 5.91 Å². The topological polar surface area (TPSA) is 142 Å². The van der Waals surface area contributed by atoms with E-state index in [2.05, 4.69) is 26.3 Å². The number of fused-ring (bicyclic) bond motifs is 2. The molecule has 198 valence electrons. The van der Waals surface area contributed by atoms with Crippen molar-refractivity contribution >= 4 is 39.1 Å². The van der Waals surface area contributed by atoms with Crippen LogP contribution in [0, 0.1) is 6.92 Å². The second kappa shape index (κ2) is 10.5. The molecule has 0 spiro atoms. The van der Waals surface area contributed by atoms with Gasteiger partial charge >= 0.3 is 0 Å². The predicted molar refractivity (Wildman–Crippen MR) is 145 cm³/mol.